The molecule has 0 bridgehead atoms. The minimum atomic E-state index is -5.11. The van der Waals surface area contributed by atoms with Crippen molar-refractivity contribution in [2.24, 2.45) is 4.99 Å². The van der Waals surface area contributed by atoms with E-state index < -0.39 is 22.9 Å². The average Bonchev–Trinajstić information content (AvgIpc) is 2.80. The molecular weight excluding hydrogens is 477 g/mol. The van der Waals surface area contributed by atoms with Gasteiger partial charge < -0.3 is 19.3 Å². The Balaban J connectivity index is 1.94. The van der Waals surface area contributed by atoms with Gasteiger partial charge in [0.25, 0.3) is 0 Å². The van der Waals surface area contributed by atoms with E-state index in [1.807, 2.05) is 24.8 Å². The zero-order valence-corrected chi connectivity index (χ0v) is 19.8. The first-order chi connectivity index (χ1) is 15.7. The Labute approximate surface area is 197 Å². The van der Waals surface area contributed by atoms with Crippen LogP contribution >= 0.6 is 22.4 Å². The van der Waals surface area contributed by atoms with Crippen molar-refractivity contribution in [2.75, 3.05) is 49.1 Å². The van der Waals surface area contributed by atoms with Crippen molar-refractivity contribution in [3.63, 3.8) is 0 Å². The van der Waals surface area contributed by atoms with E-state index in [0.29, 0.717) is 38.6 Å². The summed E-state index contributed by atoms with van der Waals surface area (Å²) >= 11 is 6.52. The summed E-state index contributed by atoms with van der Waals surface area (Å²) in [4.78, 5) is 21.1. The van der Waals surface area contributed by atoms with E-state index in [1.54, 1.807) is 24.3 Å². The zero-order chi connectivity index (χ0) is 23.8. The van der Waals surface area contributed by atoms with Crippen LogP contribution in [0.2, 0.25) is 5.02 Å². The van der Waals surface area contributed by atoms with Gasteiger partial charge in [0, 0.05) is 61.4 Å². The number of benzene rings is 2. The Kier molecular flexibility index (Phi) is 6.88. The minimum absolute atomic E-state index is 0.298. The van der Waals surface area contributed by atoms with Crippen LogP contribution in [0.1, 0.15) is 13.8 Å². The maximum atomic E-state index is 13.2. The van der Waals surface area contributed by atoms with E-state index in [9.17, 15) is 18.0 Å². The van der Waals surface area contributed by atoms with E-state index >= 15 is 0 Å². The summed E-state index contributed by atoms with van der Waals surface area (Å²) in [5.41, 5.74) is 2.03. The van der Waals surface area contributed by atoms with Crippen LogP contribution in [-0.4, -0.2) is 51.4 Å². The lowest BCUT2D eigenvalue weighted by atomic mass is 10.2. The molecule has 0 amide bonds. The second-order valence-electron chi connectivity index (χ2n) is 7.58. The van der Waals surface area contributed by atoms with Gasteiger partial charge in [-0.1, -0.05) is 11.6 Å². The molecule has 0 saturated carbocycles. The van der Waals surface area contributed by atoms with Gasteiger partial charge in [0.15, 0.2) is 0 Å². The number of carbonyl (C=O) groups excluding carboxylic acids is 1. The third kappa shape index (κ3) is 4.83. The molecule has 1 atom stereocenters. The number of hydrogen-bond acceptors (Lipinski definition) is 6. The molecule has 2 aliphatic rings. The Bertz CT molecular complexity index is 1200. The van der Waals surface area contributed by atoms with E-state index in [-0.39, 0.29) is 0 Å². The summed E-state index contributed by atoms with van der Waals surface area (Å²) < 4.78 is 45.0. The Hall–Kier alpha value is -2.30. The quantitative estimate of drug-likeness (QED) is 0.614. The molecule has 33 heavy (non-hydrogen) atoms. The molecule has 6 nitrogen and oxygen atoms in total. The first-order valence-electron chi connectivity index (χ1n) is 10.7. The van der Waals surface area contributed by atoms with Crippen LogP contribution < -0.4 is 20.5 Å². The van der Waals surface area contributed by atoms with Gasteiger partial charge in [-0.25, -0.2) is 9.79 Å². The molecule has 1 saturated heterocycles. The van der Waals surface area contributed by atoms with Crippen LogP contribution in [0.4, 0.5) is 30.2 Å². The maximum absolute atomic E-state index is 13.2. The number of halogens is 4. The predicted molar refractivity (Wildman–Crippen MR) is 124 cm³/mol. The van der Waals surface area contributed by atoms with E-state index in [1.165, 1.54) is 0 Å². The number of hydrogen-bond donors (Lipinski definition) is 1. The number of nitrogens with one attached hydrogen (secondary N) is 1. The molecule has 0 radical (unpaired) electrons. The van der Waals surface area contributed by atoms with Crippen molar-refractivity contribution in [1.82, 2.24) is 5.32 Å². The molecule has 2 aromatic rings. The molecule has 178 valence electrons. The van der Waals surface area contributed by atoms with Gasteiger partial charge in [-0.05, 0) is 44.2 Å². The molecule has 2 aliphatic heterocycles. The van der Waals surface area contributed by atoms with Crippen molar-refractivity contribution in [3.8, 4) is 0 Å². The van der Waals surface area contributed by atoms with Crippen molar-refractivity contribution in [2.45, 2.75) is 24.9 Å². The van der Waals surface area contributed by atoms with Crippen LogP contribution in [0.5, 0.6) is 0 Å². The summed E-state index contributed by atoms with van der Waals surface area (Å²) in [6.45, 7) is 8.45. The molecule has 2 heterocycles. The molecule has 0 spiro atoms. The maximum Gasteiger partial charge on any atom is 0.492 e. The Morgan fingerprint density at radius 2 is 1.91 bits per heavy atom. The average molecular weight is 501 g/mol. The van der Waals surface area contributed by atoms with Crippen LogP contribution in [0.3, 0.4) is 0 Å². The smallest absolute Gasteiger partial charge is 0.388 e. The largest absolute Gasteiger partial charge is 0.492 e. The molecule has 1 unspecified atom stereocenters. The van der Waals surface area contributed by atoms with Gasteiger partial charge in [-0.3, -0.25) is 0 Å². The van der Waals surface area contributed by atoms with Gasteiger partial charge in [0.05, 0.1) is 25.5 Å². The lowest BCUT2D eigenvalue weighted by Gasteiger charge is -2.30. The zero-order valence-electron chi connectivity index (χ0n) is 18.2. The molecule has 1 fully saturated rings. The lowest BCUT2D eigenvalue weighted by Crippen LogP contribution is -2.43. The van der Waals surface area contributed by atoms with Gasteiger partial charge in [0.2, 0.25) is 0 Å². The Morgan fingerprint density at radius 1 is 1.21 bits per heavy atom. The number of nitrogens with zero attached hydrogens (tertiary/aromatic N) is 3. The molecule has 1 N–H and O–H groups in total. The fraction of sp³-hybridized carbons (Fsp3) is 0.409. The number of fused-ring (bicyclic) bond motifs is 2. The first kappa shape index (κ1) is 23.8. The van der Waals surface area contributed by atoms with Crippen molar-refractivity contribution < 1.29 is 22.1 Å². The van der Waals surface area contributed by atoms with Crippen molar-refractivity contribution in [1.29, 1.82) is 0 Å². The Morgan fingerprint density at radius 3 is 2.55 bits per heavy atom. The molecular formula is C22H24ClF3N4O2S. The summed E-state index contributed by atoms with van der Waals surface area (Å²) in [5, 5.41) is 3.90. The van der Waals surface area contributed by atoms with Gasteiger partial charge in [0.1, 0.15) is 0 Å². The molecule has 0 aliphatic carbocycles. The highest BCUT2D eigenvalue weighted by Crippen LogP contribution is 2.44. The van der Waals surface area contributed by atoms with Crippen molar-refractivity contribution >= 4 is 45.4 Å². The molecule has 0 aromatic heterocycles. The van der Waals surface area contributed by atoms with Crippen molar-refractivity contribution in [3.05, 3.63) is 45.2 Å². The third-order valence-electron chi connectivity index (χ3n) is 5.59. The fourth-order valence-electron chi connectivity index (χ4n) is 3.90. The molecule has 2 aromatic carbocycles. The summed E-state index contributed by atoms with van der Waals surface area (Å²) in [6.07, 6.45) is -5.11. The number of alkyl halides is 3. The highest BCUT2D eigenvalue weighted by atomic mass is 35.5. The number of anilines is 2. The highest BCUT2D eigenvalue weighted by Gasteiger charge is 2.42. The van der Waals surface area contributed by atoms with Crippen LogP contribution in [0.15, 0.2) is 40.2 Å². The number of rotatable bonds is 5. The third-order valence-corrected chi connectivity index (χ3v) is 7.63. The van der Waals surface area contributed by atoms with E-state index in [0.717, 1.165) is 37.6 Å². The van der Waals surface area contributed by atoms with Crippen LogP contribution in [-0.2, 0) is 8.98 Å². The van der Waals surface area contributed by atoms with E-state index in [4.69, 9.17) is 15.8 Å². The highest BCUT2D eigenvalue weighted by molar-refractivity contribution is 8.05. The normalized spacial score (nSPS) is 17.6. The summed E-state index contributed by atoms with van der Waals surface area (Å²) in [7, 11) is -1.64. The second-order valence-corrected chi connectivity index (χ2v) is 9.58. The summed E-state index contributed by atoms with van der Waals surface area (Å²) in [6, 6.07) is 8.86. The monoisotopic (exact) mass is 500 g/mol. The van der Waals surface area contributed by atoms with Gasteiger partial charge in [-0.15, -0.1) is 0 Å². The molecule has 11 heteroatoms. The number of carbonyl (C=O) groups is 1. The van der Waals surface area contributed by atoms with Gasteiger partial charge in [-0.2, -0.15) is 13.2 Å². The number of piperazine rings is 1. The topological polar surface area (TPSA) is 57.2 Å². The predicted octanol–water partition coefficient (Wildman–Crippen LogP) is 4.46. The second kappa shape index (κ2) is 9.52. The van der Waals surface area contributed by atoms with Crippen LogP contribution in [0.25, 0.3) is 0 Å². The van der Waals surface area contributed by atoms with Crippen LogP contribution in [0, 0.1) is 4.51 Å². The lowest BCUT2D eigenvalue weighted by molar-refractivity contribution is -0.188. The van der Waals surface area contributed by atoms with Gasteiger partial charge >= 0.3 is 12.1 Å². The fourth-order valence-corrected chi connectivity index (χ4v) is 5.96. The SMILES string of the molecule is CCN(CC)c1cc(Cl)c2c(c1)=S(OC(=O)C(F)(F)F)c1cc(N3CCNCC3)ccc1N=2. The molecule has 4 rings (SSSR count). The minimum Gasteiger partial charge on any atom is -0.388 e. The standard InChI is InChI=1S/C22H24ClF3N4O2S/c1-3-29(4-2)15-11-16(23)20-19(13-15)33(32-21(31)22(24,25)26)18-12-14(5-6-17(18)28-20)30-9-7-27-8-10-30/h5-6,11-13,27H,3-4,7-10H2,1-2H3. The van der Waals surface area contributed by atoms with E-state index in [2.05, 4.69) is 15.2 Å². The summed E-state index contributed by atoms with van der Waals surface area (Å²) in [5.74, 6) is -2.23. The first-order valence-corrected chi connectivity index (χ1v) is 12.2.